The van der Waals surface area contributed by atoms with Gasteiger partial charge >= 0.3 is 0 Å². The smallest absolute Gasteiger partial charge is 0.252 e. The molecule has 17 heavy (non-hydrogen) atoms. The molecule has 0 unspecified atom stereocenters. The Kier molecular flexibility index (Phi) is 3.08. The second-order valence-corrected chi connectivity index (χ2v) is 3.96. The molecular formula is C12H16N4O. The van der Waals surface area contributed by atoms with Crippen molar-refractivity contribution in [1.29, 1.82) is 0 Å². The summed E-state index contributed by atoms with van der Waals surface area (Å²) in [5.74, 6) is 0.492. The highest BCUT2D eigenvalue weighted by Crippen LogP contribution is 2.10. The fourth-order valence-corrected chi connectivity index (χ4v) is 1.75. The Morgan fingerprint density at radius 1 is 1.29 bits per heavy atom. The van der Waals surface area contributed by atoms with E-state index in [4.69, 9.17) is 0 Å². The van der Waals surface area contributed by atoms with Crippen molar-refractivity contribution < 1.29 is 0 Å². The van der Waals surface area contributed by atoms with E-state index in [1.165, 1.54) is 6.07 Å². The number of rotatable bonds is 3. The maximum Gasteiger partial charge on any atom is 0.252 e. The molecule has 0 aliphatic carbocycles. The van der Waals surface area contributed by atoms with Crippen LogP contribution in [0.1, 0.15) is 30.9 Å². The lowest BCUT2D eigenvalue weighted by Crippen LogP contribution is -2.15. The minimum Gasteiger partial charge on any atom is -0.291 e. The molecule has 0 radical (unpaired) electrons. The molecule has 0 aliphatic heterocycles. The van der Waals surface area contributed by atoms with Gasteiger partial charge in [-0.3, -0.25) is 9.78 Å². The Labute approximate surface area is 99.5 Å². The molecule has 0 spiro atoms. The summed E-state index contributed by atoms with van der Waals surface area (Å²) in [6.07, 6.45) is 1.72. The summed E-state index contributed by atoms with van der Waals surface area (Å²) in [7, 11) is 0. The minimum absolute atomic E-state index is 0.150. The molecule has 2 heterocycles. The lowest BCUT2D eigenvalue weighted by molar-refractivity contribution is 0.737. The van der Waals surface area contributed by atoms with Crippen molar-refractivity contribution in [2.45, 2.75) is 33.6 Å². The van der Waals surface area contributed by atoms with E-state index in [1.807, 2.05) is 6.07 Å². The summed E-state index contributed by atoms with van der Waals surface area (Å²) in [6.45, 7) is 5.91. The van der Waals surface area contributed by atoms with Gasteiger partial charge in [0.15, 0.2) is 0 Å². The van der Waals surface area contributed by atoms with Gasteiger partial charge in [-0.1, -0.05) is 13.8 Å². The van der Waals surface area contributed by atoms with Gasteiger partial charge in [0, 0.05) is 17.5 Å². The van der Waals surface area contributed by atoms with Gasteiger partial charge in [-0.2, -0.15) is 5.10 Å². The standard InChI is InChI=1S/C12H16N4O/c1-4-9-7-10(5-2)16(15-9)12-13-8(3)6-11(17)14-12/h6-7H,4-5H2,1-3H3,(H,13,14,17). The lowest BCUT2D eigenvalue weighted by Gasteiger charge is -2.04. The van der Waals surface area contributed by atoms with Crippen LogP contribution in [0.5, 0.6) is 0 Å². The zero-order valence-electron chi connectivity index (χ0n) is 10.3. The van der Waals surface area contributed by atoms with E-state index in [9.17, 15) is 4.79 Å². The van der Waals surface area contributed by atoms with Crippen molar-refractivity contribution in [2.24, 2.45) is 0 Å². The van der Waals surface area contributed by atoms with Crippen LogP contribution >= 0.6 is 0 Å². The number of aromatic amines is 1. The Morgan fingerprint density at radius 3 is 2.65 bits per heavy atom. The molecule has 0 bridgehead atoms. The van der Waals surface area contributed by atoms with Crippen molar-refractivity contribution in [1.82, 2.24) is 19.7 Å². The molecule has 2 aromatic rings. The van der Waals surface area contributed by atoms with Gasteiger partial charge in [0.25, 0.3) is 5.56 Å². The maximum atomic E-state index is 11.4. The highest BCUT2D eigenvalue weighted by Gasteiger charge is 2.09. The highest BCUT2D eigenvalue weighted by atomic mass is 16.1. The molecule has 0 saturated heterocycles. The zero-order valence-corrected chi connectivity index (χ0v) is 10.3. The topological polar surface area (TPSA) is 63.6 Å². The van der Waals surface area contributed by atoms with Crippen LogP contribution in [0.25, 0.3) is 5.95 Å². The molecular weight excluding hydrogens is 216 g/mol. The third kappa shape index (κ3) is 2.27. The van der Waals surface area contributed by atoms with Gasteiger partial charge in [-0.25, -0.2) is 9.67 Å². The lowest BCUT2D eigenvalue weighted by atomic mass is 10.3. The number of aromatic nitrogens is 4. The van der Waals surface area contributed by atoms with Crippen LogP contribution in [0.4, 0.5) is 0 Å². The van der Waals surface area contributed by atoms with E-state index >= 15 is 0 Å². The Balaban J connectivity index is 2.58. The molecule has 0 aliphatic rings. The quantitative estimate of drug-likeness (QED) is 0.869. The van der Waals surface area contributed by atoms with E-state index in [0.717, 1.165) is 24.2 Å². The van der Waals surface area contributed by atoms with Crippen LogP contribution in [0.2, 0.25) is 0 Å². The zero-order chi connectivity index (χ0) is 12.4. The van der Waals surface area contributed by atoms with E-state index in [0.29, 0.717) is 11.6 Å². The minimum atomic E-state index is -0.150. The van der Waals surface area contributed by atoms with E-state index in [2.05, 4.69) is 28.9 Å². The summed E-state index contributed by atoms with van der Waals surface area (Å²) in [4.78, 5) is 18.4. The first-order valence-corrected chi connectivity index (χ1v) is 5.80. The number of nitrogens with zero attached hydrogens (tertiary/aromatic N) is 3. The predicted molar refractivity (Wildman–Crippen MR) is 65.5 cm³/mol. The van der Waals surface area contributed by atoms with E-state index in [-0.39, 0.29) is 5.56 Å². The second kappa shape index (κ2) is 4.53. The van der Waals surface area contributed by atoms with Gasteiger partial charge in [0.05, 0.1) is 5.69 Å². The first-order chi connectivity index (χ1) is 8.13. The maximum absolute atomic E-state index is 11.4. The SMILES string of the molecule is CCc1cc(CC)n(-c2nc(C)cc(=O)[nH]2)n1. The number of hydrogen-bond acceptors (Lipinski definition) is 3. The summed E-state index contributed by atoms with van der Waals surface area (Å²) in [5.41, 5.74) is 2.60. The van der Waals surface area contributed by atoms with Crippen LogP contribution in [0.15, 0.2) is 16.9 Å². The van der Waals surface area contributed by atoms with Gasteiger partial charge < -0.3 is 0 Å². The molecule has 5 nitrogen and oxygen atoms in total. The number of H-pyrrole nitrogens is 1. The van der Waals surface area contributed by atoms with Crippen molar-refractivity contribution >= 4 is 0 Å². The summed E-state index contributed by atoms with van der Waals surface area (Å²) in [6, 6.07) is 3.52. The first kappa shape index (κ1) is 11.6. The molecule has 0 aromatic carbocycles. The molecule has 0 saturated carbocycles. The van der Waals surface area contributed by atoms with Gasteiger partial charge in [0.2, 0.25) is 5.95 Å². The average Bonchev–Trinajstić information content (AvgIpc) is 2.70. The highest BCUT2D eigenvalue weighted by molar-refractivity contribution is 5.21. The Hall–Kier alpha value is -1.91. The molecule has 5 heteroatoms. The number of aryl methyl sites for hydroxylation is 3. The molecule has 1 N–H and O–H groups in total. The largest absolute Gasteiger partial charge is 0.291 e. The van der Waals surface area contributed by atoms with Crippen LogP contribution in [-0.2, 0) is 12.8 Å². The van der Waals surface area contributed by atoms with Gasteiger partial charge in [-0.05, 0) is 25.8 Å². The fraction of sp³-hybridized carbons (Fsp3) is 0.417. The second-order valence-electron chi connectivity index (χ2n) is 3.96. The summed E-state index contributed by atoms with van der Waals surface area (Å²) in [5, 5.41) is 4.44. The molecule has 0 fully saturated rings. The fourth-order valence-electron chi connectivity index (χ4n) is 1.75. The monoisotopic (exact) mass is 232 g/mol. The van der Waals surface area contributed by atoms with Crippen LogP contribution in [-0.4, -0.2) is 19.7 Å². The van der Waals surface area contributed by atoms with Crippen molar-refractivity contribution in [2.75, 3.05) is 0 Å². The first-order valence-electron chi connectivity index (χ1n) is 5.80. The van der Waals surface area contributed by atoms with Crippen LogP contribution in [0.3, 0.4) is 0 Å². The van der Waals surface area contributed by atoms with Crippen molar-refractivity contribution in [3.8, 4) is 5.95 Å². The van der Waals surface area contributed by atoms with Gasteiger partial charge in [0.1, 0.15) is 0 Å². The van der Waals surface area contributed by atoms with E-state index in [1.54, 1.807) is 11.6 Å². The Morgan fingerprint density at radius 2 is 2.06 bits per heavy atom. The number of nitrogens with one attached hydrogen (secondary N) is 1. The number of hydrogen-bond donors (Lipinski definition) is 1. The normalized spacial score (nSPS) is 10.8. The third-order valence-corrected chi connectivity index (χ3v) is 2.62. The predicted octanol–water partition coefficient (Wildman–Crippen LogP) is 1.39. The molecule has 2 rings (SSSR count). The Bertz CT molecular complexity index is 582. The molecule has 0 atom stereocenters. The van der Waals surface area contributed by atoms with E-state index < -0.39 is 0 Å². The third-order valence-electron chi connectivity index (χ3n) is 2.62. The van der Waals surface area contributed by atoms with Crippen LogP contribution < -0.4 is 5.56 Å². The molecule has 90 valence electrons. The van der Waals surface area contributed by atoms with Crippen molar-refractivity contribution in [3.63, 3.8) is 0 Å². The summed E-state index contributed by atoms with van der Waals surface area (Å²) >= 11 is 0. The van der Waals surface area contributed by atoms with Crippen molar-refractivity contribution in [3.05, 3.63) is 39.6 Å². The average molecular weight is 232 g/mol. The van der Waals surface area contributed by atoms with Gasteiger partial charge in [-0.15, -0.1) is 0 Å². The molecule has 2 aromatic heterocycles. The molecule has 0 amide bonds. The summed E-state index contributed by atoms with van der Waals surface area (Å²) < 4.78 is 1.72. The van der Waals surface area contributed by atoms with Crippen LogP contribution in [0, 0.1) is 6.92 Å².